The van der Waals surface area contributed by atoms with Crippen LogP contribution in [0.25, 0.3) is 0 Å². The first-order valence-corrected chi connectivity index (χ1v) is 7.50. The number of nitrogens with zero attached hydrogens (tertiary/aromatic N) is 1. The Kier molecular flexibility index (Phi) is 5.68. The molecule has 1 aromatic rings. The second-order valence-corrected chi connectivity index (χ2v) is 5.43. The normalized spacial score (nSPS) is 13.8. The molecule has 0 aromatic heterocycles. The van der Waals surface area contributed by atoms with Gasteiger partial charge in [-0.3, -0.25) is 0 Å². The van der Waals surface area contributed by atoms with E-state index in [-0.39, 0.29) is 5.57 Å². The summed E-state index contributed by atoms with van der Waals surface area (Å²) >= 11 is 2.77. The van der Waals surface area contributed by atoms with Gasteiger partial charge < -0.3 is 14.4 Å². The highest BCUT2D eigenvalue weighted by Crippen LogP contribution is 2.37. The number of hydrogen-bond donors (Lipinski definition) is 0. The summed E-state index contributed by atoms with van der Waals surface area (Å²) in [5.74, 6) is -5.84. The first-order chi connectivity index (χ1) is 11.8. The van der Waals surface area contributed by atoms with Gasteiger partial charge in [-0.05, 0) is 28.1 Å². The zero-order valence-corrected chi connectivity index (χ0v) is 14.6. The number of esters is 2. The van der Waals surface area contributed by atoms with Gasteiger partial charge in [-0.25, -0.2) is 22.8 Å². The zero-order chi connectivity index (χ0) is 18.7. The summed E-state index contributed by atoms with van der Waals surface area (Å²) in [6.45, 7) is 0. The number of halogens is 4. The number of hydrogen-bond acceptors (Lipinski definition) is 5. The fourth-order valence-electron chi connectivity index (χ4n) is 2.11. The van der Waals surface area contributed by atoms with E-state index in [1.165, 1.54) is 24.4 Å². The highest BCUT2D eigenvalue weighted by Gasteiger charge is 2.31. The largest absolute Gasteiger partial charge is 0.465 e. The van der Waals surface area contributed by atoms with Crippen molar-refractivity contribution >= 4 is 33.6 Å². The van der Waals surface area contributed by atoms with Crippen molar-refractivity contribution in [2.24, 2.45) is 0 Å². The van der Waals surface area contributed by atoms with E-state index in [0.717, 1.165) is 19.1 Å². The Balaban J connectivity index is 2.81. The number of anilines is 1. The molecule has 0 radical (unpaired) electrons. The van der Waals surface area contributed by atoms with E-state index in [1.807, 2.05) is 0 Å². The Morgan fingerprint density at radius 1 is 1.04 bits per heavy atom. The molecule has 0 N–H and O–H groups in total. The van der Waals surface area contributed by atoms with Crippen molar-refractivity contribution in [1.29, 1.82) is 0 Å². The minimum Gasteiger partial charge on any atom is -0.465 e. The SMILES string of the molecule is COC(=O)C1=C(C(=O)OC)N(c2c(F)cc(F)c(F)c2Br)C=CC=C1. The fourth-order valence-corrected chi connectivity index (χ4v) is 2.68. The van der Waals surface area contributed by atoms with Crippen LogP contribution >= 0.6 is 15.9 Å². The third-order valence-electron chi connectivity index (χ3n) is 3.22. The van der Waals surface area contributed by atoms with Crippen LogP contribution in [-0.2, 0) is 19.1 Å². The molecular weight excluding hydrogens is 407 g/mol. The van der Waals surface area contributed by atoms with Crippen LogP contribution < -0.4 is 4.90 Å². The number of ether oxygens (including phenoxy) is 2. The first kappa shape index (κ1) is 18.8. The molecule has 0 aliphatic carbocycles. The molecule has 0 fully saturated rings. The van der Waals surface area contributed by atoms with Crippen molar-refractivity contribution in [1.82, 2.24) is 0 Å². The van der Waals surface area contributed by atoms with Crippen molar-refractivity contribution in [3.8, 4) is 0 Å². The Bertz CT molecular complexity index is 833. The van der Waals surface area contributed by atoms with Crippen molar-refractivity contribution in [2.75, 3.05) is 19.1 Å². The Morgan fingerprint density at radius 2 is 1.68 bits per heavy atom. The van der Waals surface area contributed by atoms with Gasteiger partial charge in [0.1, 0.15) is 5.70 Å². The molecule has 2 rings (SSSR count). The number of methoxy groups -OCH3 is 2. The molecule has 0 atom stereocenters. The topological polar surface area (TPSA) is 55.8 Å². The molecule has 132 valence electrons. The molecule has 5 nitrogen and oxygen atoms in total. The van der Waals surface area contributed by atoms with Gasteiger partial charge in [0.25, 0.3) is 0 Å². The fraction of sp³-hybridized carbons (Fsp3) is 0.125. The first-order valence-electron chi connectivity index (χ1n) is 6.71. The molecular formula is C16H11BrF3NO4. The number of rotatable bonds is 3. The van der Waals surface area contributed by atoms with Gasteiger partial charge in [0.05, 0.1) is 30.0 Å². The van der Waals surface area contributed by atoms with Gasteiger partial charge in [-0.1, -0.05) is 6.08 Å². The van der Waals surface area contributed by atoms with Crippen LogP contribution in [0.1, 0.15) is 0 Å². The van der Waals surface area contributed by atoms with E-state index in [4.69, 9.17) is 0 Å². The maximum Gasteiger partial charge on any atom is 0.355 e. The van der Waals surface area contributed by atoms with Gasteiger partial charge >= 0.3 is 11.9 Å². The van der Waals surface area contributed by atoms with Gasteiger partial charge in [-0.2, -0.15) is 0 Å². The molecule has 0 spiro atoms. The minimum atomic E-state index is -1.41. The van der Waals surface area contributed by atoms with Gasteiger partial charge in [0.15, 0.2) is 17.5 Å². The summed E-state index contributed by atoms with van der Waals surface area (Å²) in [6, 6.07) is 0.328. The van der Waals surface area contributed by atoms with Crippen molar-refractivity contribution in [2.45, 2.75) is 0 Å². The zero-order valence-electron chi connectivity index (χ0n) is 13.0. The molecule has 0 bridgehead atoms. The lowest BCUT2D eigenvalue weighted by atomic mass is 10.1. The Labute approximate surface area is 149 Å². The number of allylic oxidation sites excluding steroid dienone is 2. The van der Waals surface area contributed by atoms with E-state index in [1.54, 1.807) is 0 Å². The smallest absolute Gasteiger partial charge is 0.355 e. The van der Waals surface area contributed by atoms with Gasteiger partial charge in [0, 0.05) is 12.3 Å². The molecule has 0 saturated carbocycles. The Morgan fingerprint density at radius 3 is 2.28 bits per heavy atom. The van der Waals surface area contributed by atoms with E-state index < -0.39 is 45.2 Å². The average Bonchev–Trinajstić information content (AvgIpc) is 2.81. The summed E-state index contributed by atoms with van der Waals surface area (Å²) < 4.78 is 50.3. The van der Waals surface area contributed by atoms with Crippen LogP contribution in [0.3, 0.4) is 0 Å². The lowest BCUT2D eigenvalue weighted by Gasteiger charge is -2.24. The number of benzene rings is 1. The molecule has 1 aliphatic heterocycles. The number of carbonyl (C=O) groups is 2. The van der Waals surface area contributed by atoms with E-state index in [2.05, 4.69) is 25.4 Å². The lowest BCUT2D eigenvalue weighted by Crippen LogP contribution is -2.28. The third kappa shape index (κ3) is 3.46. The third-order valence-corrected chi connectivity index (χ3v) is 3.94. The predicted molar refractivity (Wildman–Crippen MR) is 85.8 cm³/mol. The van der Waals surface area contributed by atoms with Crippen LogP contribution in [-0.4, -0.2) is 26.2 Å². The predicted octanol–water partition coefficient (Wildman–Crippen LogP) is 3.36. The maximum absolute atomic E-state index is 14.3. The van der Waals surface area contributed by atoms with Crippen LogP contribution in [0.2, 0.25) is 0 Å². The summed E-state index contributed by atoms with van der Waals surface area (Å²) in [5, 5.41) is 0. The average molecular weight is 418 g/mol. The van der Waals surface area contributed by atoms with Crippen LogP contribution in [0.15, 0.2) is 46.2 Å². The summed E-state index contributed by atoms with van der Waals surface area (Å²) in [4.78, 5) is 25.1. The van der Waals surface area contributed by atoms with E-state index >= 15 is 0 Å². The molecule has 1 aromatic carbocycles. The molecule has 0 amide bonds. The molecule has 25 heavy (non-hydrogen) atoms. The second kappa shape index (κ2) is 7.56. The molecule has 1 aliphatic rings. The van der Waals surface area contributed by atoms with Gasteiger partial charge in [-0.15, -0.1) is 0 Å². The Hall–Kier alpha value is -2.55. The van der Waals surface area contributed by atoms with Gasteiger partial charge in [0.2, 0.25) is 0 Å². The van der Waals surface area contributed by atoms with E-state index in [0.29, 0.717) is 6.07 Å². The quantitative estimate of drug-likeness (QED) is 0.428. The molecule has 0 saturated heterocycles. The van der Waals surface area contributed by atoms with Crippen molar-refractivity contribution < 1.29 is 32.2 Å². The summed E-state index contributed by atoms with van der Waals surface area (Å²) in [6.07, 6.45) is 5.20. The van der Waals surface area contributed by atoms with Crippen molar-refractivity contribution in [3.05, 3.63) is 63.7 Å². The highest BCUT2D eigenvalue weighted by atomic mass is 79.9. The van der Waals surface area contributed by atoms with Crippen LogP contribution in [0.5, 0.6) is 0 Å². The minimum absolute atomic E-state index is 0.254. The van der Waals surface area contributed by atoms with Crippen molar-refractivity contribution in [3.63, 3.8) is 0 Å². The summed E-state index contributed by atoms with van der Waals surface area (Å²) in [5.41, 5.74) is -1.19. The maximum atomic E-state index is 14.3. The number of carbonyl (C=O) groups excluding carboxylic acids is 2. The second-order valence-electron chi connectivity index (χ2n) is 4.63. The lowest BCUT2D eigenvalue weighted by molar-refractivity contribution is -0.139. The highest BCUT2D eigenvalue weighted by molar-refractivity contribution is 9.10. The van der Waals surface area contributed by atoms with E-state index in [9.17, 15) is 22.8 Å². The molecule has 1 heterocycles. The van der Waals surface area contributed by atoms with Crippen LogP contribution in [0.4, 0.5) is 18.9 Å². The summed E-state index contributed by atoms with van der Waals surface area (Å²) in [7, 11) is 2.15. The molecule has 0 unspecified atom stereocenters. The van der Waals surface area contributed by atoms with Crippen LogP contribution in [0, 0.1) is 17.5 Å². The monoisotopic (exact) mass is 417 g/mol. The standard InChI is InChI=1S/C16H11BrF3NO4/c1-24-15(22)8-5-3-4-6-21(13(8)16(23)25-2)14-10(19)7-9(18)12(20)11(14)17/h3-7H,1-2H3. The molecule has 9 heteroatoms.